The Morgan fingerprint density at radius 1 is 1.42 bits per heavy atom. The Balaban J connectivity index is 2.32. The molecule has 2 atom stereocenters. The molecule has 0 aromatic heterocycles. The van der Waals surface area contributed by atoms with Gasteiger partial charge in [-0.1, -0.05) is 43.6 Å². The molecule has 72 valence electrons. The summed E-state index contributed by atoms with van der Waals surface area (Å²) in [5.41, 5.74) is 1.19. The molecule has 0 heterocycles. The molecule has 1 aliphatic carbocycles. The lowest BCUT2D eigenvalue weighted by Gasteiger charge is -2.22. The van der Waals surface area contributed by atoms with Crippen LogP contribution in [-0.4, -0.2) is 5.33 Å². The van der Waals surface area contributed by atoms with Crippen LogP contribution < -0.4 is 0 Å². The maximum atomic E-state index is 3.64. The van der Waals surface area contributed by atoms with E-state index in [1.807, 2.05) is 0 Å². The summed E-state index contributed by atoms with van der Waals surface area (Å²) in [5, 5.41) is 1.21. The lowest BCUT2D eigenvalue weighted by atomic mass is 9.85. The van der Waals surface area contributed by atoms with Crippen molar-refractivity contribution in [2.45, 2.75) is 47.0 Å². The van der Waals surface area contributed by atoms with Crippen molar-refractivity contribution in [3.8, 4) is 0 Å². The minimum absolute atomic E-state index is 0.511. The van der Waals surface area contributed by atoms with Crippen LogP contribution in [0.2, 0.25) is 0 Å². The predicted octanol–water partition coefficient (Wildman–Crippen LogP) is 4.23. The van der Waals surface area contributed by atoms with Crippen molar-refractivity contribution >= 4 is 15.9 Å². The van der Waals surface area contributed by atoms with Gasteiger partial charge in [-0.3, -0.25) is 0 Å². The largest absolute Gasteiger partial charge is 0.0922 e. The van der Waals surface area contributed by atoms with Crippen molar-refractivity contribution in [1.29, 1.82) is 0 Å². The van der Waals surface area contributed by atoms with Gasteiger partial charge in [0, 0.05) is 5.33 Å². The molecule has 0 amide bonds. The first-order chi connectivity index (χ1) is 5.40. The molecule has 1 heteroatoms. The fourth-order valence-electron chi connectivity index (χ4n) is 1.78. The maximum Gasteiger partial charge on any atom is 0.00906 e. The molecular weight excluding hydrogens is 212 g/mol. The van der Waals surface area contributed by atoms with Gasteiger partial charge in [0.25, 0.3) is 0 Å². The van der Waals surface area contributed by atoms with E-state index in [9.17, 15) is 0 Å². The Labute approximate surface area is 85.3 Å². The fourth-order valence-corrected chi connectivity index (χ4v) is 2.84. The summed E-state index contributed by atoms with van der Waals surface area (Å²) < 4.78 is 0. The zero-order valence-corrected chi connectivity index (χ0v) is 10.4. The van der Waals surface area contributed by atoms with Gasteiger partial charge in [-0.25, -0.2) is 0 Å². The summed E-state index contributed by atoms with van der Waals surface area (Å²) in [6.45, 7) is 9.38. The number of halogens is 1. The summed E-state index contributed by atoms with van der Waals surface area (Å²) in [4.78, 5) is 0. The second kappa shape index (κ2) is 3.32. The summed E-state index contributed by atoms with van der Waals surface area (Å²) in [5.74, 6) is 0.958. The molecule has 0 aromatic carbocycles. The lowest BCUT2D eigenvalue weighted by molar-refractivity contribution is 0.316. The summed E-state index contributed by atoms with van der Waals surface area (Å²) in [6.07, 6.45) is 4.21. The fraction of sp³-hybridized carbons (Fsp3) is 1.00. The van der Waals surface area contributed by atoms with Gasteiger partial charge in [0.15, 0.2) is 0 Å². The van der Waals surface area contributed by atoms with E-state index < -0.39 is 0 Å². The zero-order valence-electron chi connectivity index (χ0n) is 8.78. The van der Waals surface area contributed by atoms with Crippen LogP contribution >= 0.6 is 15.9 Å². The van der Waals surface area contributed by atoms with Crippen molar-refractivity contribution in [3.63, 3.8) is 0 Å². The molecule has 0 aliphatic heterocycles. The van der Waals surface area contributed by atoms with Crippen molar-refractivity contribution in [2.24, 2.45) is 16.7 Å². The monoisotopic (exact) mass is 232 g/mol. The Bertz CT molecular complexity index is 153. The highest BCUT2D eigenvalue weighted by Gasteiger charge is 2.49. The Morgan fingerprint density at radius 3 is 2.17 bits per heavy atom. The van der Waals surface area contributed by atoms with Crippen molar-refractivity contribution in [2.75, 3.05) is 5.33 Å². The average molecular weight is 233 g/mol. The van der Waals surface area contributed by atoms with Gasteiger partial charge in [-0.15, -0.1) is 0 Å². The minimum Gasteiger partial charge on any atom is -0.0922 e. The minimum atomic E-state index is 0.511. The molecule has 1 saturated carbocycles. The summed E-state index contributed by atoms with van der Waals surface area (Å²) >= 11 is 3.64. The number of rotatable bonds is 3. The highest BCUT2D eigenvalue weighted by atomic mass is 79.9. The Morgan fingerprint density at radius 2 is 1.92 bits per heavy atom. The predicted molar refractivity (Wildman–Crippen MR) is 58.7 cm³/mol. The molecule has 0 radical (unpaired) electrons. The van der Waals surface area contributed by atoms with Gasteiger partial charge < -0.3 is 0 Å². The Kier molecular flexibility index (Phi) is 2.92. The molecule has 0 bridgehead atoms. The van der Waals surface area contributed by atoms with E-state index in [0.717, 1.165) is 5.92 Å². The normalized spacial score (nSPS) is 35.2. The lowest BCUT2D eigenvalue weighted by Crippen LogP contribution is -2.12. The van der Waals surface area contributed by atoms with Gasteiger partial charge in [-0.2, -0.15) is 0 Å². The molecule has 0 aromatic rings. The first kappa shape index (κ1) is 10.6. The van der Waals surface area contributed by atoms with Crippen LogP contribution in [0.25, 0.3) is 0 Å². The first-order valence-corrected chi connectivity index (χ1v) is 6.08. The topological polar surface area (TPSA) is 0 Å². The van der Waals surface area contributed by atoms with E-state index in [0.29, 0.717) is 10.8 Å². The number of alkyl halides is 1. The third-order valence-corrected chi connectivity index (χ3v) is 4.35. The molecule has 1 aliphatic rings. The van der Waals surface area contributed by atoms with Crippen LogP contribution in [0.3, 0.4) is 0 Å². The molecular formula is C11H21Br. The molecule has 0 saturated heterocycles. The van der Waals surface area contributed by atoms with Crippen molar-refractivity contribution in [3.05, 3.63) is 0 Å². The van der Waals surface area contributed by atoms with Crippen molar-refractivity contribution < 1.29 is 0 Å². The smallest absolute Gasteiger partial charge is 0.00906 e. The molecule has 0 spiro atoms. The third-order valence-electron chi connectivity index (χ3n) is 3.24. The van der Waals surface area contributed by atoms with E-state index in [2.05, 4.69) is 43.6 Å². The van der Waals surface area contributed by atoms with Crippen LogP contribution in [0.5, 0.6) is 0 Å². The SMILES string of the molecule is CC1CC1(CBr)CCC(C)(C)C. The first-order valence-electron chi connectivity index (χ1n) is 4.96. The van der Waals surface area contributed by atoms with Gasteiger partial charge >= 0.3 is 0 Å². The molecule has 0 N–H and O–H groups in total. The van der Waals surface area contributed by atoms with Crippen LogP contribution in [0.4, 0.5) is 0 Å². The molecule has 0 nitrogen and oxygen atoms in total. The summed E-state index contributed by atoms with van der Waals surface area (Å²) in [7, 11) is 0. The van der Waals surface area contributed by atoms with Crippen LogP contribution in [0, 0.1) is 16.7 Å². The molecule has 12 heavy (non-hydrogen) atoms. The molecule has 2 unspecified atom stereocenters. The van der Waals surface area contributed by atoms with Crippen LogP contribution in [0.15, 0.2) is 0 Å². The second-order valence-electron chi connectivity index (χ2n) is 5.66. The van der Waals surface area contributed by atoms with Crippen molar-refractivity contribution in [1.82, 2.24) is 0 Å². The van der Waals surface area contributed by atoms with E-state index in [1.165, 1.54) is 24.6 Å². The van der Waals surface area contributed by atoms with Gasteiger partial charge in [0.05, 0.1) is 0 Å². The number of hydrogen-bond acceptors (Lipinski definition) is 0. The van der Waals surface area contributed by atoms with Crippen LogP contribution in [0.1, 0.15) is 47.0 Å². The van der Waals surface area contributed by atoms with E-state index >= 15 is 0 Å². The molecule has 1 fully saturated rings. The zero-order chi connectivity index (χ0) is 9.41. The van der Waals surface area contributed by atoms with Crippen LogP contribution in [-0.2, 0) is 0 Å². The van der Waals surface area contributed by atoms with E-state index in [-0.39, 0.29) is 0 Å². The average Bonchev–Trinajstić information content (AvgIpc) is 2.57. The third kappa shape index (κ3) is 2.48. The summed E-state index contributed by atoms with van der Waals surface area (Å²) in [6, 6.07) is 0. The van der Waals surface area contributed by atoms with E-state index in [4.69, 9.17) is 0 Å². The molecule has 1 rings (SSSR count). The quantitative estimate of drug-likeness (QED) is 0.640. The second-order valence-corrected chi connectivity index (χ2v) is 6.22. The highest BCUT2D eigenvalue weighted by Crippen LogP contribution is 2.57. The van der Waals surface area contributed by atoms with Gasteiger partial charge in [0.1, 0.15) is 0 Å². The van der Waals surface area contributed by atoms with Gasteiger partial charge in [-0.05, 0) is 36.0 Å². The van der Waals surface area contributed by atoms with E-state index in [1.54, 1.807) is 0 Å². The Hall–Kier alpha value is 0.480. The van der Waals surface area contributed by atoms with Gasteiger partial charge in [0.2, 0.25) is 0 Å². The highest BCUT2D eigenvalue weighted by molar-refractivity contribution is 9.09. The number of hydrogen-bond donors (Lipinski definition) is 0. The maximum absolute atomic E-state index is 3.64. The standard InChI is InChI=1S/C11H21Br/c1-9-7-11(9,8-12)6-5-10(2,3)4/h9H,5-8H2,1-4H3.